The van der Waals surface area contributed by atoms with Gasteiger partial charge in [0.2, 0.25) is 5.90 Å². The molecule has 12 heteroatoms. The van der Waals surface area contributed by atoms with E-state index in [1.165, 1.54) is 43.5 Å². The molecule has 1 heterocycles. The molecule has 1 aliphatic heterocycles. The van der Waals surface area contributed by atoms with Gasteiger partial charge in [-0.1, -0.05) is 29.8 Å². The van der Waals surface area contributed by atoms with Crippen molar-refractivity contribution < 1.29 is 31.8 Å². The maximum atomic E-state index is 12.6. The number of halogens is 1. The van der Waals surface area contributed by atoms with Crippen LogP contribution in [0.2, 0.25) is 5.02 Å². The monoisotopic (exact) mass is 514 g/mol. The Hall–Kier alpha value is -4.22. The third-order valence-electron chi connectivity index (χ3n) is 4.70. The van der Waals surface area contributed by atoms with Crippen LogP contribution >= 0.6 is 11.6 Å². The van der Waals surface area contributed by atoms with E-state index in [1.807, 2.05) is 0 Å². The smallest absolute Gasteiger partial charge is 0.363 e. The number of carbonyl (C=O) groups is 1. The van der Waals surface area contributed by atoms with Gasteiger partial charge in [-0.05, 0) is 48.0 Å². The fourth-order valence-electron chi connectivity index (χ4n) is 3.07. The van der Waals surface area contributed by atoms with Crippen molar-refractivity contribution in [1.29, 1.82) is 0 Å². The van der Waals surface area contributed by atoms with Gasteiger partial charge in [-0.25, -0.2) is 9.79 Å². The van der Waals surface area contributed by atoms with Gasteiger partial charge >= 0.3 is 16.1 Å². The van der Waals surface area contributed by atoms with E-state index in [0.29, 0.717) is 16.1 Å². The van der Waals surface area contributed by atoms with Gasteiger partial charge in [0.15, 0.2) is 17.2 Å². The van der Waals surface area contributed by atoms with Gasteiger partial charge in [0.25, 0.3) is 5.69 Å². The molecule has 0 spiro atoms. The average Bonchev–Trinajstić information content (AvgIpc) is 3.20. The maximum absolute atomic E-state index is 12.6. The van der Waals surface area contributed by atoms with Gasteiger partial charge in [0, 0.05) is 22.7 Å². The minimum absolute atomic E-state index is 0.0138. The van der Waals surface area contributed by atoms with E-state index in [-0.39, 0.29) is 23.1 Å². The summed E-state index contributed by atoms with van der Waals surface area (Å²) in [6.07, 6.45) is 1.43. The van der Waals surface area contributed by atoms with Gasteiger partial charge in [-0.15, -0.1) is 0 Å². The van der Waals surface area contributed by atoms with E-state index in [1.54, 1.807) is 24.3 Å². The molecule has 35 heavy (non-hydrogen) atoms. The lowest BCUT2D eigenvalue weighted by molar-refractivity contribution is -0.385. The van der Waals surface area contributed by atoms with Crippen LogP contribution in [0.25, 0.3) is 6.08 Å². The predicted molar refractivity (Wildman–Crippen MR) is 126 cm³/mol. The Morgan fingerprint density at radius 3 is 2.54 bits per heavy atom. The summed E-state index contributed by atoms with van der Waals surface area (Å²) >= 11 is 5.97. The van der Waals surface area contributed by atoms with Crippen molar-refractivity contribution in [3.63, 3.8) is 0 Å². The Balaban J connectivity index is 1.61. The average molecular weight is 515 g/mol. The molecule has 0 unspecified atom stereocenters. The van der Waals surface area contributed by atoms with Crippen LogP contribution in [0, 0.1) is 10.1 Å². The summed E-state index contributed by atoms with van der Waals surface area (Å²) in [5.74, 6) is -0.691. The summed E-state index contributed by atoms with van der Waals surface area (Å²) in [5, 5.41) is 11.4. The number of cyclic esters (lactones) is 1. The number of hydrogen-bond acceptors (Lipinski definition) is 9. The highest BCUT2D eigenvalue weighted by atomic mass is 35.5. The number of carbonyl (C=O) groups excluding carboxylic acids is 1. The van der Waals surface area contributed by atoms with Crippen LogP contribution in [0.4, 0.5) is 5.69 Å². The number of nitrogens with zero attached hydrogens (tertiary/aromatic N) is 2. The van der Waals surface area contributed by atoms with Crippen molar-refractivity contribution in [2.45, 2.75) is 4.90 Å². The number of rotatable bonds is 7. The summed E-state index contributed by atoms with van der Waals surface area (Å²) < 4.78 is 40.9. The lowest BCUT2D eigenvalue weighted by Gasteiger charge is -2.11. The number of non-ortho nitro benzene ring substituents is 1. The summed E-state index contributed by atoms with van der Waals surface area (Å²) in [6, 6.07) is 15.4. The van der Waals surface area contributed by atoms with Crippen LogP contribution in [0.1, 0.15) is 11.1 Å². The Labute approximate surface area is 204 Å². The Morgan fingerprint density at radius 1 is 1.06 bits per heavy atom. The van der Waals surface area contributed by atoms with Crippen molar-refractivity contribution >= 4 is 45.3 Å². The van der Waals surface area contributed by atoms with Gasteiger partial charge in [-0.2, -0.15) is 8.42 Å². The molecule has 0 aromatic heterocycles. The molecule has 0 atom stereocenters. The van der Waals surface area contributed by atoms with Crippen LogP contribution in [-0.2, 0) is 19.6 Å². The number of benzene rings is 3. The maximum Gasteiger partial charge on any atom is 0.363 e. The third kappa shape index (κ3) is 5.31. The summed E-state index contributed by atoms with van der Waals surface area (Å²) in [7, 11) is -3.09. The molecule has 0 radical (unpaired) electrons. The summed E-state index contributed by atoms with van der Waals surface area (Å²) in [4.78, 5) is 26.3. The number of nitro groups is 1. The highest BCUT2D eigenvalue weighted by molar-refractivity contribution is 7.87. The predicted octanol–water partition coefficient (Wildman–Crippen LogP) is 4.37. The van der Waals surface area contributed by atoms with Crippen molar-refractivity contribution in [2.75, 3.05) is 7.11 Å². The molecule has 0 saturated heterocycles. The van der Waals surface area contributed by atoms with Crippen LogP contribution in [0.15, 0.2) is 82.3 Å². The van der Waals surface area contributed by atoms with E-state index in [4.69, 9.17) is 25.3 Å². The number of ether oxygens (including phenoxy) is 2. The van der Waals surface area contributed by atoms with Gasteiger partial charge in [0.1, 0.15) is 4.90 Å². The molecule has 4 rings (SSSR count). The molecule has 1 aliphatic rings. The quantitative estimate of drug-likeness (QED) is 0.149. The Kier molecular flexibility index (Phi) is 6.54. The van der Waals surface area contributed by atoms with E-state index in [0.717, 1.165) is 12.1 Å². The second-order valence-electron chi connectivity index (χ2n) is 7.05. The van der Waals surface area contributed by atoms with Crippen LogP contribution in [0.5, 0.6) is 11.5 Å². The number of hydrogen-bond donors (Lipinski definition) is 0. The Morgan fingerprint density at radius 2 is 1.83 bits per heavy atom. The van der Waals surface area contributed by atoms with Crippen LogP contribution in [0.3, 0.4) is 0 Å². The minimum atomic E-state index is -4.39. The zero-order valence-corrected chi connectivity index (χ0v) is 19.4. The topological polar surface area (TPSA) is 134 Å². The lowest BCUT2D eigenvalue weighted by atomic mass is 10.1. The number of aliphatic imine (C=N–C) groups is 1. The van der Waals surface area contributed by atoms with E-state index >= 15 is 0 Å². The molecular formula is C23H15ClN2O8S. The highest BCUT2D eigenvalue weighted by Gasteiger charge is 2.25. The molecule has 0 amide bonds. The van der Waals surface area contributed by atoms with Crippen molar-refractivity contribution in [3.8, 4) is 11.5 Å². The SMILES string of the molecule is COc1cc(/C=C2\N=C(c3cccc(Cl)c3)OC2=O)ccc1OS(=O)(=O)c1cccc([N+](=O)[O-])c1. The summed E-state index contributed by atoms with van der Waals surface area (Å²) in [5.41, 5.74) is 0.594. The first-order chi connectivity index (χ1) is 16.7. The standard InChI is InChI=1S/C23H15ClN2O8S/c1-32-21-11-14(10-19-23(27)33-22(25-19)15-4-2-5-16(24)12-15)8-9-20(21)34-35(30,31)18-7-3-6-17(13-18)26(28)29/h2-13H,1H3/b19-10-. The molecule has 0 saturated carbocycles. The summed E-state index contributed by atoms with van der Waals surface area (Å²) in [6.45, 7) is 0. The first-order valence-electron chi connectivity index (χ1n) is 9.82. The first-order valence-corrected chi connectivity index (χ1v) is 11.6. The zero-order valence-electron chi connectivity index (χ0n) is 17.9. The van der Waals surface area contributed by atoms with E-state index < -0.39 is 31.6 Å². The number of methoxy groups -OCH3 is 1. The third-order valence-corrected chi connectivity index (χ3v) is 6.17. The second-order valence-corrected chi connectivity index (χ2v) is 9.03. The molecule has 3 aromatic carbocycles. The van der Waals surface area contributed by atoms with Crippen LogP contribution < -0.4 is 8.92 Å². The normalized spacial score (nSPS) is 14.4. The second kappa shape index (κ2) is 9.57. The van der Waals surface area contributed by atoms with E-state index in [2.05, 4.69) is 4.99 Å². The molecule has 3 aromatic rings. The van der Waals surface area contributed by atoms with Gasteiger partial charge in [-0.3, -0.25) is 10.1 Å². The molecule has 10 nitrogen and oxygen atoms in total. The molecule has 0 fully saturated rings. The minimum Gasteiger partial charge on any atom is -0.493 e. The van der Waals surface area contributed by atoms with Gasteiger partial charge < -0.3 is 13.7 Å². The first kappa shape index (κ1) is 23.9. The molecule has 0 bridgehead atoms. The van der Waals surface area contributed by atoms with Crippen molar-refractivity contribution in [3.05, 3.63) is 98.7 Å². The van der Waals surface area contributed by atoms with Gasteiger partial charge in [0.05, 0.1) is 12.0 Å². The van der Waals surface area contributed by atoms with Crippen molar-refractivity contribution in [1.82, 2.24) is 0 Å². The zero-order chi connectivity index (χ0) is 25.2. The number of nitro benzene ring substituents is 1. The molecule has 178 valence electrons. The lowest BCUT2D eigenvalue weighted by Crippen LogP contribution is -2.10. The highest BCUT2D eigenvalue weighted by Crippen LogP contribution is 2.32. The Bertz CT molecular complexity index is 1520. The van der Waals surface area contributed by atoms with Crippen LogP contribution in [-0.4, -0.2) is 32.3 Å². The fourth-order valence-corrected chi connectivity index (χ4v) is 4.24. The van der Waals surface area contributed by atoms with Crippen molar-refractivity contribution in [2.24, 2.45) is 4.99 Å². The van der Waals surface area contributed by atoms with E-state index in [9.17, 15) is 23.3 Å². The molecular weight excluding hydrogens is 500 g/mol. The molecule has 0 aliphatic carbocycles. The molecule has 0 N–H and O–H groups in total. The fraction of sp³-hybridized carbons (Fsp3) is 0.0435. The largest absolute Gasteiger partial charge is 0.493 e. The number of esters is 1.